The fourth-order valence-electron chi connectivity index (χ4n) is 3.29. The maximum Gasteiger partial charge on any atom is 0.258 e. The molecule has 1 saturated heterocycles. The third kappa shape index (κ3) is 4.04. The van der Waals surface area contributed by atoms with Gasteiger partial charge in [0.2, 0.25) is 10.0 Å². The summed E-state index contributed by atoms with van der Waals surface area (Å²) in [5.74, 6) is -1.20. The number of anilines is 1. The van der Waals surface area contributed by atoms with Crippen molar-refractivity contribution in [2.24, 2.45) is 0 Å². The summed E-state index contributed by atoms with van der Waals surface area (Å²) in [6.45, 7) is 3.00. The molecule has 0 radical (unpaired) electrons. The van der Waals surface area contributed by atoms with Crippen molar-refractivity contribution in [2.75, 3.05) is 24.5 Å². The zero-order valence-corrected chi connectivity index (χ0v) is 16.1. The topological polar surface area (TPSA) is 57.7 Å². The second-order valence-corrected chi connectivity index (χ2v) is 8.40. The number of sulfonamides is 1. The van der Waals surface area contributed by atoms with Crippen LogP contribution in [0.25, 0.3) is 0 Å². The van der Waals surface area contributed by atoms with Gasteiger partial charge in [0.1, 0.15) is 10.7 Å². The summed E-state index contributed by atoms with van der Waals surface area (Å²) in [5.41, 5.74) is 0.854. The molecule has 27 heavy (non-hydrogen) atoms. The molecule has 0 aromatic heterocycles. The van der Waals surface area contributed by atoms with Gasteiger partial charge in [-0.25, -0.2) is 12.8 Å². The number of nitrogens with zero attached hydrogens (tertiary/aromatic N) is 2. The van der Waals surface area contributed by atoms with Crippen LogP contribution in [0.15, 0.2) is 53.4 Å². The second-order valence-electron chi connectivity index (χ2n) is 6.49. The summed E-state index contributed by atoms with van der Waals surface area (Å²) in [6, 6.07) is 12.6. The van der Waals surface area contributed by atoms with Gasteiger partial charge in [-0.15, -0.1) is 0 Å². The van der Waals surface area contributed by atoms with E-state index in [9.17, 15) is 17.6 Å². The minimum absolute atomic E-state index is 0.151. The number of carbonyl (C=O) groups is 1. The Bertz CT molecular complexity index is 910. The summed E-state index contributed by atoms with van der Waals surface area (Å²) < 4.78 is 41.4. The average molecular weight is 390 g/mol. The van der Waals surface area contributed by atoms with E-state index in [-0.39, 0.29) is 11.5 Å². The predicted molar refractivity (Wildman–Crippen MR) is 103 cm³/mol. The number of amides is 1. The number of benzene rings is 2. The Hall–Kier alpha value is -2.25. The van der Waals surface area contributed by atoms with Gasteiger partial charge >= 0.3 is 0 Å². The van der Waals surface area contributed by atoms with E-state index in [1.54, 1.807) is 12.1 Å². The number of piperidine rings is 1. The van der Waals surface area contributed by atoms with Gasteiger partial charge in [-0.05, 0) is 50.1 Å². The average Bonchev–Trinajstić information content (AvgIpc) is 2.70. The van der Waals surface area contributed by atoms with E-state index >= 15 is 0 Å². The highest BCUT2D eigenvalue weighted by atomic mass is 32.2. The Kier molecular flexibility index (Phi) is 5.92. The van der Waals surface area contributed by atoms with Gasteiger partial charge in [-0.3, -0.25) is 4.79 Å². The lowest BCUT2D eigenvalue weighted by Crippen LogP contribution is -2.36. The first-order valence-electron chi connectivity index (χ1n) is 9.11. The van der Waals surface area contributed by atoms with Crippen molar-refractivity contribution in [3.63, 3.8) is 0 Å². The molecule has 3 rings (SSSR count). The third-order valence-corrected chi connectivity index (χ3v) is 6.65. The van der Waals surface area contributed by atoms with E-state index in [1.165, 1.54) is 15.3 Å². The van der Waals surface area contributed by atoms with Gasteiger partial charge < -0.3 is 4.90 Å². The lowest BCUT2D eigenvalue weighted by molar-refractivity contribution is 0.0988. The highest BCUT2D eigenvalue weighted by Crippen LogP contribution is 2.25. The van der Waals surface area contributed by atoms with Crippen molar-refractivity contribution >= 4 is 21.6 Å². The number of para-hydroxylation sites is 1. The lowest BCUT2D eigenvalue weighted by atomic mass is 10.1. The van der Waals surface area contributed by atoms with E-state index < -0.39 is 20.7 Å². The van der Waals surface area contributed by atoms with Crippen LogP contribution in [0.3, 0.4) is 0 Å². The van der Waals surface area contributed by atoms with Gasteiger partial charge in [-0.2, -0.15) is 4.31 Å². The number of halogens is 1. The largest absolute Gasteiger partial charge is 0.309 e. The van der Waals surface area contributed by atoms with Crippen LogP contribution in [-0.4, -0.2) is 38.3 Å². The van der Waals surface area contributed by atoms with E-state index in [1.807, 2.05) is 25.1 Å². The number of rotatable bonds is 5. The zero-order chi connectivity index (χ0) is 19.4. The molecule has 0 aliphatic carbocycles. The highest BCUT2D eigenvalue weighted by molar-refractivity contribution is 7.89. The van der Waals surface area contributed by atoms with E-state index in [0.29, 0.717) is 25.3 Å². The third-order valence-electron chi connectivity index (χ3n) is 4.74. The van der Waals surface area contributed by atoms with Crippen molar-refractivity contribution in [1.29, 1.82) is 0 Å². The molecule has 1 aliphatic heterocycles. The fraction of sp³-hybridized carbons (Fsp3) is 0.350. The Labute approximate surface area is 159 Å². The van der Waals surface area contributed by atoms with Crippen LogP contribution in [0.5, 0.6) is 0 Å². The first-order valence-corrected chi connectivity index (χ1v) is 10.6. The molecule has 0 atom stereocenters. The molecular weight excluding hydrogens is 367 g/mol. The molecule has 0 saturated carbocycles. The summed E-state index contributed by atoms with van der Waals surface area (Å²) in [6.07, 6.45) is 2.49. The lowest BCUT2D eigenvalue weighted by Gasteiger charge is -2.26. The molecule has 0 spiro atoms. The molecule has 144 valence electrons. The maximum atomic E-state index is 14.4. The van der Waals surface area contributed by atoms with Crippen molar-refractivity contribution in [3.8, 4) is 0 Å². The zero-order valence-electron chi connectivity index (χ0n) is 15.3. The van der Waals surface area contributed by atoms with Gasteiger partial charge in [0.15, 0.2) is 0 Å². The molecule has 7 heteroatoms. The summed E-state index contributed by atoms with van der Waals surface area (Å²) in [4.78, 5) is 14.0. The molecule has 1 heterocycles. The van der Waals surface area contributed by atoms with Crippen molar-refractivity contribution in [1.82, 2.24) is 4.31 Å². The summed E-state index contributed by atoms with van der Waals surface area (Å²) in [7, 11) is -3.96. The van der Waals surface area contributed by atoms with Crippen LogP contribution in [-0.2, 0) is 10.0 Å². The highest BCUT2D eigenvalue weighted by Gasteiger charge is 2.30. The van der Waals surface area contributed by atoms with E-state index in [4.69, 9.17) is 0 Å². The van der Waals surface area contributed by atoms with Gasteiger partial charge in [-0.1, -0.05) is 24.6 Å². The molecule has 1 aliphatic rings. The SMILES string of the molecule is CCN(C(=O)c1ccc(F)c(S(=O)(=O)N2CCCCC2)c1)c1ccccc1. The molecule has 5 nitrogen and oxygen atoms in total. The first kappa shape index (κ1) is 19.5. The van der Waals surface area contributed by atoms with Crippen LogP contribution in [0.4, 0.5) is 10.1 Å². The first-order chi connectivity index (χ1) is 12.9. The van der Waals surface area contributed by atoms with Crippen LogP contribution < -0.4 is 4.90 Å². The molecule has 0 N–H and O–H groups in total. The minimum atomic E-state index is -3.96. The van der Waals surface area contributed by atoms with Crippen LogP contribution >= 0.6 is 0 Å². The molecule has 0 bridgehead atoms. The number of hydrogen-bond donors (Lipinski definition) is 0. The Morgan fingerprint density at radius 3 is 2.37 bits per heavy atom. The summed E-state index contributed by atoms with van der Waals surface area (Å²) in [5, 5.41) is 0. The standard InChI is InChI=1S/C20H23FN2O3S/c1-2-23(17-9-5-3-6-10-17)20(24)16-11-12-18(21)19(15-16)27(25,26)22-13-7-4-8-14-22/h3,5-6,9-12,15H,2,4,7-8,13-14H2,1H3. The van der Waals surface area contributed by atoms with Crippen LogP contribution in [0.2, 0.25) is 0 Å². The Balaban J connectivity index is 1.96. The van der Waals surface area contributed by atoms with Gasteiger partial charge in [0.25, 0.3) is 5.91 Å². The van der Waals surface area contributed by atoms with E-state index in [0.717, 1.165) is 31.4 Å². The van der Waals surface area contributed by atoms with Crippen LogP contribution in [0, 0.1) is 5.82 Å². The molecule has 1 amide bonds. The van der Waals surface area contributed by atoms with Crippen molar-refractivity contribution in [2.45, 2.75) is 31.1 Å². The molecule has 0 unspecified atom stereocenters. The van der Waals surface area contributed by atoms with Crippen LogP contribution in [0.1, 0.15) is 36.5 Å². The quantitative estimate of drug-likeness (QED) is 0.783. The second kappa shape index (κ2) is 8.19. The monoisotopic (exact) mass is 390 g/mol. The normalized spacial score (nSPS) is 15.5. The minimum Gasteiger partial charge on any atom is -0.309 e. The Morgan fingerprint density at radius 2 is 1.74 bits per heavy atom. The van der Waals surface area contributed by atoms with Crippen molar-refractivity contribution < 1.29 is 17.6 Å². The maximum absolute atomic E-state index is 14.4. The molecule has 2 aromatic carbocycles. The van der Waals surface area contributed by atoms with E-state index in [2.05, 4.69) is 0 Å². The van der Waals surface area contributed by atoms with Crippen molar-refractivity contribution in [3.05, 3.63) is 59.9 Å². The Morgan fingerprint density at radius 1 is 1.07 bits per heavy atom. The molecule has 2 aromatic rings. The fourth-order valence-corrected chi connectivity index (χ4v) is 4.89. The molecular formula is C20H23FN2O3S. The number of hydrogen-bond acceptors (Lipinski definition) is 3. The predicted octanol–water partition coefficient (Wildman–Crippen LogP) is 3.67. The number of carbonyl (C=O) groups excluding carboxylic acids is 1. The molecule has 1 fully saturated rings. The summed E-state index contributed by atoms with van der Waals surface area (Å²) >= 11 is 0. The smallest absolute Gasteiger partial charge is 0.258 e. The van der Waals surface area contributed by atoms with Gasteiger partial charge in [0, 0.05) is 30.9 Å². The van der Waals surface area contributed by atoms with Gasteiger partial charge in [0.05, 0.1) is 0 Å².